The Morgan fingerprint density at radius 2 is 1.86 bits per heavy atom. The average molecular weight is 398 g/mol. The largest absolute Gasteiger partial charge is 0.481 e. The first-order valence-electron chi connectivity index (χ1n) is 8.66. The van der Waals surface area contributed by atoms with Gasteiger partial charge in [0, 0.05) is 46.5 Å². The normalized spacial score (nSPS) is 10.6. The molecule has 0 radical (unpaired) electrons. The fourth-order valence-electron chi connectivity index (χ4n) is 2.96. The Bertz CT molecular complexity index is 1030. The van der Waals surface area contributed by atoms with Crippen molar-refractivity contribution >= 4 is 29.0 Å². The van der Waals surface area contributed by atoms with Crippen LogP contribution in [0, 0.1) is 13.8 Å². The van der Waals surface area contributed by atoms with Crippen molar-refractivity contribution in [3.8, 4) is 5.88 Å². The number of hydrogen-bond acceptors (Lipinski definition) is 4. The summed E-state index contributed by atoms with van der Waals surface area (Å²) in [6.07, 6.45) is 1.50. The summed E-state index contributed by atoms with van der Waals surface area (Å²) in [4.78, 5) is 29.1. The number of rotatable bonds is 6. The molecule has 0 bridgehead atoms. The summed E-state index contributed by atoms with van der Waals surface area (Å²) in [5.74, 6) is -0.947. The first-order chi connectivity index (χ1) is 13.4. The quantitative estimate of drug-likeness (QED) is 0.503. The number of Topliss-reactive ketones (excluding diaryl/α,β-unsaturated/α-hetero) is 1. The number of carbonyl (C=O) groups excluding carboxylic acids is 2. The number of anilines is 1. The van der Waals surface area contributed by atoms with E-state index in [4.69, 9.17) is 16.3 Å². The molecule has 3 aromatic rings. The van der Waals surface area contributed by atoms with Crippen LogP contribution in [0.1, 0.15) is 27.3 Å². The second-order valence-corrected chi connectivity index (χ2v) is 6.80. The van der Waals surface area contributed by atoms with E-state index >= 15 is 0 Å². The van der Waals surface area contributed by atoms with Gasteiger partial charge in [0.1, 0.15) is 0 Å². The molecule has 7 heteroatoms. The van der Waals surface area contributed by atoms with Gasteiger partial charge in [-0.15, -0.1) is 0 Å². The molecular formula is C21H20ClN3O3. The lowest BCUT2D eigenvalue weighted by Gasteiger charge is -2.10. The van der Waals surface area contributed by atoms with E-state index in [0.29, 0.717) is 28.7 Å². The molecule has 2 heterocycles. The van der Waals surface area contributed by atoms with Crippen molar-refractivity contribution < 1.29 is 14.3 Å². The number of aryl methyl sites for hydroxylation is 1. The number of amides is 1. The van der Waals surface area contributed by atoms with Crippen molar-refractivity contribution in [2.45, 2.75) is 20.4 Å². The molecule has 0 saturated carbocycles. The van der Waals surface area contributed by atoms with E-state index in [-0.39, 0.29) is 0 Å². The summed E-state index contributed by atoms with van der Waals surface area (Å²) in [6, 6.07) is 12.4. The predicted molar refractivity (Wildman–Crippen MR) is 108 cm³/mol. The highest BCUT2D eigenvalue weighted by Gasteiger charge is 2.22. The highest BCUT2D eigenvalue weighted by molar-refractivity contribution is 6.46. The molecule has 0 spiro atoms. The summed E-state index contributed by atoms with van der Waals surface area (Å²) < 4.78 is 7.02. The van der Waals surface area contributed by atoms with E-state index in [1.165, 1.54) is 13.3 Å². The molecule has 0 atom stereocenters. The van der Waals surface area contributed by atoms with Gasteiger partial charge in [-0.1, -0.05) is 23.7 Å². The summed E-state index contributed by atoms with van der Waals surface area (Å²) >= 11 is 5.94. The topological polar surface area (TPSA) is 73.2 Å². The molecule has 0 unspecified atom stereocenters. The van der Waals surface area contributed by atoms with Crippen LogP contribution in [0.4, 0.5) is 5.69 Å². The standard InChI is InChI=1S/C21H20ClN3O3/c1-13-10-18(14(2)25(13)12-15-4-6-16(22)7-5-15)20(26)21(27)24-17-8-9-23-19(11-17)28-3/h4-11H,12H2,1-3H3,(H,23,24,27). The van der Waals surface area contributed by atoms with Gasteiger partial charge in [-0.25, -0.2) is 4.98 Å². The van der Waals surface area contributed by atoms with Crippen molar-refractivity contribution in [1.29, 1.82) is 0 Å². The second-order valence-electron chi connectivity index (χ2n) is 6.37. The van der Waals surface area contributed by atoms with Gasteiger partial charge in [0.05, 0.1) is 7.11 Å². The number of pyridine rings is 1. The summed E-state index contributed by atoms with van der Waals surface area (Å²) in [6.45, 7) is 4.33. The lowest BCUT2D eigenvalue weighted by molar-refractivity contribution is -0.112. The minimum Gasteiger partial charge on any atom is -0.481 e. The Morgan fingerprint density at radius 3 is 2.54 bits per heavy atom. The third kappa shape index (κ3) is 4.23. The van der Waals surface area contributed by atoms with Gasteiger partial charge in [0.25, 0.3) is 11.7 Å². The molecule has 0 aliphatic heterocycles. The molecule has 0 aliphatic rings. The average Bonchev–Trinajstić information content (AvgIpc) is 2.97. The Balaban J connectivity index is 1.79. The molecule has 0 saturated heterocycles. The van der Waals surface area contributed by atoms with Crippen molar-refractivity contribution in [3.63, 3.8) is 0 Å². The minimum atomic E-state index is -0.708. The van der Waals surface area contributed by atoms with Crippen LogP contribution in [0.25, 0.3) is 0 Å². The molecule has 28 heavy (non-hydrogen) atoms. The van der Waals surface area contributed by atoms with Crippen LogP contribution < -0.4 is 10.1 Å². The molecular weight excluding hydrogens is 378 g/mol. The van der Waals surface area contributed by atoms with Crippen LogP contribution in [0.15, 0.2) is 48.7 Å². The van der Waals surface area contributed by atoms with Crippen LogP contribution in [0.2, 0.25) is 5.02 Å². The Hall–Kier alpha value is -3.12. The number of methoxy groups -OCH3 is 1. The summed E-state index contributed by atoms with van der Waals surface area (Å²) in [5.41, 5.74) is 3.51. The van der Waals surface area contributed by atoms with Gasteiger partial charge in [-0.3, -0.25) is 9.59 Å². The number of benzene rings is 1. The SMILES string of the molecule is COc1cc(NC(=O)C(=O)c2cc(C)n(Cc3ccc(Cl)cc3)c2C)ccn1. The molecule has 0 aliphatic carbocycles. The van der Waals surface area contributed by atoms with Crippen molar-refractivity contribution in [3.05, 3.63) is 76.2 Å². The monoisotopic (exact) mass is 397 g/mol. The van der Waals surface area contributed by atoms with Gasteiger partial charge in [0.2, 0.25) is 5.88 Å². The van der Waals surface area contributed by atoms with E-state index in [1.54, 1.807) is 18.2 Å². The van der Waals surface area contributed by atoms with Gasteiger partial charge in [-0.2, -0.15) is 0 Å². The Morgan fingerprint density at radius 1 is 1.14 bits per heavy atom. The smallest absolute Gasteiger partial charge is 0.296 e. The maximum atomic E-state index is 12.7. The first-order valence-corrected chi connectivity index (χ1v) is 9.03. The predicted octanol–water partition coefficient (Wildman–Crippen LogP) is 4.03. The molecule has 2 aromatic heterocycles. The lowest BCUT2D eigenvalue weighted by Crippen LogP contribution is -2.23. The third-order valence-electron chi connectivity index (χ3n) is 4.48. The van der Waals surface area contributed by atoms with E-state index < -0.39 is 11.7 Å². The van der Waals surface area contributed by atoms with Crippen LogP contribution in [0.3, 0.4) is 0 Å². The summed E-state index contributed by atoms with van der Waals surface area (Å²) in [7, 11) is 1.48. The molecule has 0 fully saturated rings. The molecule has 1 amide bonds. The number of nitrogens with zero attached hydrogens (tertiary/aromatic N) is 2. The highest BCUT2D eigenvalue weighted by atomic mass is 35.5. The van der Waals surface area contributed by atoms with Crippen LogP contribution in [0.5, 0.6) is 5.88 Å². The minimum absolute atomic E-state index is 0.353. The first kappa shape index (κ1) is 19.6. The van der Waals surface area contributed by atoms with Crippen molar-refractivity contribution in [2.24, 2.45) is 0 Å². The third-order valence-corrected chi connectivity index (χ3v) is 4.73. The Kier molecular flexibility index (Phi) is 5.80. The van der Waals surface area contributed by atoms with E-state index in [1.807, 2.05) is 42.7 Å². The van der Waals surface area contributed by atoms with Gasteiger partial charge < -0.3 is 14.6 Å². The molecule has 144 valence electrons. The lowest BCUT2D eigenvalue weighted by atomic mass is 10.1. The number of carbonyl (C=O) groups is 2. The maximum Gasteiger partial charge on any atom is 0.296 e. The summed E-state index contributed by atoms with van der Waals surface area (Å²) in [5, 5.41) is 3.27. The van der Waals surface area contributed by atoms with E-state index in [9.17, 15) is 9.59 Å². The maximum absolute atomic E-state index is 12.7. The fraction of sp³-hybridized carbons (Fsp3) is 0.190. The zero-order valence-corrected chi connectivity index (χ0v) is 16.6. The zero-order chi connectivity index (χ0) is 20.3. The molecule has 6 nitrogen and oxygen atoms in total. The molecule has 3 rings (SSSR count). The van der Waals surface area contributed by atoms with Gasteiger partial charge in [0.15, 0.2) is 0 Å². The number of ketones is 1. The van der Waals surface area contributed by atoms with Gasteiger partial charge >= 0.3 is 0 Å². The Labute approximate surface area is 168 Å². The fourth-order valence-corrected chi connectivity index (χ4v) is 3.08. The van der Waals surface area contributed by atoms with E-state index in [0.717, 1.165) is 17.0 Å². The zero-order valence-electron chi connectivity index (χ0n) is 15.8. The molecule has 1 N–H and O–H groups in total. The molecule has 1 aromatic carbocycles. The number of aromatic nitrogens is 2. The van der Waals surface area contributed by atoms with Crippen molar-refractivity contribution in [1.82, 2.24) is 9.55 Å². The number of nitrogens with one attached hydrogen (secondary N) is 1. The van der Waals surface area contributed by atoms with Gasteiger partial charge in [-0.05, 0) is 43.7 Å². The van der Waals surface area contributed by atoms with Crippen molar-refractivity contribution in [2.75, 3.05) is 12.4 Å². The number of ether oxygens (including phenoxy) is 1. The van der Waals surface area contributed by atoms with Crippen LogP contribution in [-0.2, 0) is 11.3 Å². The van der Waals surface area contributed by atoms with E-state index in [2.05, 4.69) is 10.3 Å². The number of halogens is 1. The second kappa shape index (κ2) is 8.27. The highest BCUT2D eigenvalue weighted by Crippen LogP contribution is 2.20. The number of hydrogen-bond donors (Lipinski definition) is 1. The van der Waals surface area contributed by atoms with Crippen LogP contribution >= 0.6 is 11.6 Å². The van der Waals surface area contributed by atoms with Crippen LogP contribution in [-0.4, -0.2) is 28.4 Å².